The van der Waals surface area contributed by atoms with Crippen LogP contribution in [0.25, 0.3) is 5.52 Å². The number of nitrogens with one attached hydrogen (secondary N) is 2. The van der Waals surface area contributed by atoms with E-state index < -0.39 is 61.9 Å². The molecule has 1 aliphatic heterocycles. The van der Waals surface area contributed by atoms with Crippen molar-refractivity contribution in [1.29, 1.82) is 0 Å². The van der Waals surface area contributed by atoms with Gasteiger partial charge in [0.05, 0.1) is 18.9 Å². The van der Waals surface area contributed by atoms with Gasteiger partial charge in [-0.1, -0.05) is 0 Å². The first-order chi connectivity index (χ1) is 15.2. The smallest absolute Gasteiger partial charge is 0.403 e. The van der Waals surface area contributed by atoms with Crippen LogP contribution in [0.3, 0.4) is 0 Å². The Labute approximate surface area is 187 Å². The van der Waals surface area contributed by atoms with Crippen molar-refractivity contribution in [2.75, 3.05) is 12.3 Å². The Balaban J connectivity index is 1.73. The fourth-order valence-electron chi connectivity index (χ4n) is 3.33. The molecule has 7 N–H and O–H groups in total. The van der Waals surface area contributed by atoms with Crippen LogP contribution in [0.1, 0.15) is 39.6 Å². The lowest BCUT2D eigenvalue weighted by Crippen LogP contribution is -2.43. The van der Waals surface area contributed by atoms with Crippen molar-refractivity contribution in [3.05, 3.63) is 22.4 Å². The molecule has 0 bridgehead atoms. The van der Waals surface area contributed by atoms with E-state index in [0.29, 0.717) is 0 Å². The zero-order chi connectivity index (χ0) is 24.7. The molecule has 1 saturated heterocycles. The zero-order valence-corrected chi connectivity index (χ0v) is 19.2. The average molecular weight is 490 g/mol. The van der Waals surface area contributed by atoms with Gasteiger partial charge in [0.15, 0.2) is 11.3 Å². The predicted molar refractivity (Wildman–Crippen MR) is 112 cm³/mol. The lowest BCUT2D eigenvalue weighted by molar-refractivity contribution is -0.149. The van der Waals surface area contributed by atoms with Crippen LogP contribution in [0.2, 0.25) is 0 Å². The number of aromatic amines is 1. The Morgan fingerprint density at radius 3 is 2.79 bits per heavy atom. The number of hydrogen-bond donors (Lipinski definition) is 6. The van der Waals surface area contributed by atoms with Crippen LogP contribution < -0.4 is 16.4 Å². The van der Waals surface area contributed by atoms with E-state index in [4.69, 9.17) is 19.7 Å². The number of carbonyl (C=O) groups excluding carboxylic acids is 1. The molecule has 0 spiro atoms. The highest BCUT2D eigenvalue weighted by Crippen LogP contribution is 2.44. The van der Waals surface area contributed by atoms with Crippen LogP contribution in [-0.4, -0.2) is 77.2 Å². The Bertz CT molecular complexity index is 1130. The molecule has 3 heterocycles. The quantitative estimate of drug-likeness (QED) is 0.185. The average Bonchev–Trinajstić information content (AvgIpc) is 3.18. The number of nitrogens with two attached hydrogens (primary N) is 1. The van der Waals surface area contributed by atoms with E-state index in [9.17, 15) is 29.3 Å². The largest absolute Gasteiger partial charge is 0.462 e. The zero-order valence-electron chi connectivity index (χ0n) is 18.3. The fraction of sp³-hybridized carbons (Fsp3) is 0.647. The molecule has 0 amide bonds. The number of hydrogen-bond acceptors (Lipinski definition) is 11. The molecule has 0 radical (unpaired) electrons. The maximum Gasteiger partial charge on any atom is 0.403 e. The molecular formula is C17H27N6O9P. The summed E-state index contributed by atoms with van der Waals surface area (Å²) in [5.41, 5.74) is 3.09. The highest BCUT2D eigenvalue weighted by atomic mass is 31.2. The molecule has 0 aromatic carbocycles. The molecule has 1 fully saturated rings. The summed E-state index contributed by atoms with van der Waals surface area (Å²) in [6, 6.07) is -1.15. The summed E-state index contributed by atoms with van der Waals surface area (Å²) in [7, 11) is -4.52. The molecule has 2 aromatic rings. The van der Waals surface area contributed by atoms with Crippen molar-refractivity contribution < 1.29 is 38.5 Å². The standard InChI is InChI=1S/C17H27N6O9P/c1-7(2)31-15(26)8(3)22-33(28,29)30-6-10-11(24)17(4,27)12(32-10)13-19-5-9-14(25)20-16(18)21-23(9)13/h5,7-8,10-12,24,27H,6H2,1-4H3,(H2,22,28,29)(H3,18,20,21,25)/t8-,10+,11+,12-,17+/m0/s1. The first-order valence-corrected chi connectivity index (χ1v) is 11.6. The van der Waals surface area contributed by atoms with Crippen LogP contribution in [0.4, 0.5) is 5.95 Å². The monoisotopic (exact) mass is 490 g/mol. The minimum atomic E-state index is -4.52. The van der Waals surface area contributed by atoms with Crippen LogP contribution >= 0.6 is 7.75 Å². The molecule has 15 nitrogen and oxygen atoms in total. The second-order valence-electron chi connectivity index (χ2n) is 8.13. The van der Waals surface area contributed by atoms with Gasteiger partial charge in [-0.3, -0.25) is 19.1 Å². The van der Waals surface area contributed by atoms with Crippen molar-refractivity contribution in [3.8, 4) is 0 Å². The van der Waals surface area contributed by atoms with E-state index >= 15 is 0 Å². The number of nitrogens with zero attached hydrogens (tertiary/aromatic N) is 3. The van der Waals surface area contributed by atoms with Crippen LogP contribution in [0.15, 0.2) is 11.0 Å². The van der Waals surface area contributed by atoms with Crippen molar-refractivity contribution in [2.45, 2.75) is 63.8 Å². The predicted octanol–water partition coefficient (Wildman–Crippen LogP) is -1.40. The van der Waals surface area contributed by atoms with Crippen molar-refractivity contribution in [1.82, 2.24) is 24.7 Å². The summed E-state index contributed by atoms with van der Waals surface area (Å²) >= 11 is 0. The van der Waals surface area contributed by atoms with Gasteiger partial charge < -0.3 is 30.3 Å². The number of aliphatic hydroxyl groups is 2. The number of nitrogen functional groups attached to an aromatic ring is 1. The van der Waals surface area contributed by atoms with Gasteiger partial charge in [0.1, 0.15) is 30.0 Å². The van der Waals surface area contributed by atoms with Crippen molar-refractivity contribution >= 4 is 25.2 Å². The molecule has 0 saturated carbocycles. The topological polar surface area (TPSA) is 224 Å². The highest BCUT2D eigenvalue weighted by molar-refractivity contribution is 7.50. The number of aromatic nitrogens is 4. The number of H-pyrrole nitrogens is 1. The first kappa shape index (κ1) is 25.2. The lowest BCUT2D eigenvalue weighted by atomic mass is 9.92. The highest BCUT2D eigenvalue weighted by Gasteiger charge is 2.54. The maximum absolute atomic E-state index is 12.3. The molecule has 3 rings (SSSR count). The molecule has 6 atom stereocenters. The van der Waals surface area contributed by atoms with E-state index in [-0.39, 0.29) is 17.3 Å². The van der Waals surface area contributed by atoms with Crippen LogP contribution in [-0.2, 0) is 23.4 Å². The normalized spacial score (nSPS) is 28.2. The molecule has 1 unspecified atom stereocenters. The van der Waals surface area contributed by atoms with Gasteiger partial charge in [0, 0.05) is 0 Å². The molecule has 0 aliphatic carbocycles. The fourth-order valence-corrected chi connectivity index (χ4v) is 4.34. The molecule has 16 heteroatoms. The number of rotatable bonds is 8. The third-order valence-corrected chi connectivity index (χ3v) is 6.16. The minimum Gasteiger partial charge on any atom is -0.462 e. The Morgan fingerprint density at radius 2 is 2.15 bits per heavy atom. The maximum atomic E-state index is 12.3. The number of carbonyl (C=O) groups is 1. The van der Waals surface area contributed by atoms with Gasteiger partial charge in [0.25, 0.3) is 5.56 Å². The summed E-state index contributed by atoms with van der Waals surface area (Å²) in [5, 5.41) is 27.5. The SMILES string of the molecule is CC(C)OC(=O)[C@H](C)NP(=O)(O)OC[C@H]1O[C@@H](c2ncc3c(=O)[nH]c(N)nn23)[C@](C)(O)[C@@H]1O. The van der Waals surface area contributed by atoms with Gasteiger partial charge in [-0.15, -0.1) is 5.10 Å². The van der Waals surface area contributed by atoms with Crippen molar-refractivity contribution in [3.63, 3.8) is 0 Å². The number of fused-ring (bicyclic) bond motifs is 1. The van der Waals surface area contributed by atoms with E-state index in [1.165, 1.54) is 20.0 Å². The second-order valence-corrected chi connectivity index (χ2v) is 9.69. The summed E-state index contributed by atoms with van der Waals surface area (Å²) in [6.45, 7) is 5.22. The summed E-state index contributed by atoms with van der Waals surface area (Å²) in [5.74, 6) is -0.983. The van der Waals surface area contributed by atoms with Gasteiger partial charge in [0.2, 0.25) is 5.95 Å². The number of ether oxygens (including phenoxy) is 2. The number of imidazole rings is 1. The van der Waals surface area contributed by atoms with E-state index in [1.807, 2.05) is 0 Å². The molecular weight excluding hydrogens is 463 g/mol. The van der Waals surface area contributed by atoms with E-state index in [1.54, 1.807) is 13.8 Å². The second kappa shape index (κ2) is 9.10. The Kier molecular flexibility index (Phi) is 6.96. The van der Waals surface area contributed by atoms with Crippen LogP contribution in [0, 0.1) is 0 Å². The minimum absolute atomic E-state index is 0.0234. The van der Waals surface area contributed by atoms with Gasteiger partial charge in [-0.2, -0.15) is 0 Å². The first-order valence-electron chi connectivity index (χ1n) is 9.98. The van der Waals surface area contributed by atoms with Gasteiger partial charge in [-0.05, 0) is 27.7 Å². The Morgan fingerprint density at radius 1 is 1.48 bits per heavy atom. The number of esters is 1. The summed E-state index contributed by atoms with van der Waals surface area (Å²) in [4.78, 5) is 40.3. The third kappa shape index (κ3) is 5.24. The summed E-state index contributed by atoms with van der Waals surface area (Å²) in [6.07, 6.45) is -3.35. The Hall–Kier alpha value is -2.39. The summed E-state index contributed by atoms with van der Waals surface area (Å²) < 4.78 is 29.0. The number of aliphatic hydroxyl groups excluding tert-OH is 1. The molecule has 33 heavy (non-hydrogen) atoms. The molecule has 184 valence electrons. The molecule has 1 aliphatic rings. The van der Waals surface area contributed by atoms with Crippen LogP contribution in [0.5, 0.6) is 0 Å². The number of anilines is 1. The van der Waals surface area contributed by atoms with Gasteiger partial charge >= 0.3 is 13.7 Å². The van der Waals surface area contributed by atoms with Crippen molar-refractivity contribution in [2.24, 2.45) is 0 Å². The lowest BCUT2D eigenvalue weighted by Gasteiger charge is -2.25. The third-order valence-electron chi connectivity index (χ3n) is 4.95. The van der Waals surface area contributed by atoms with Gasteiger partial charge in [-0.25, -0.2) is 19.2 Å². The molecule has 2 aromatic heterocycles. The van der Waals surface area contributed by atoms with E-state index in [0.717, 1.165) is 4.52 Å². The van der Waals surface area contributed by atoms with E-state index in [2.05, 4.69) is 20.2 Å².